The molecule has 0 bridgehead atoms. The lowest BCUT2D eigenvalue weighted by atomic mass is 10.2. The quantitative estimate of drug-likeness (QED) is 0.537. The van der Waals surface area contributed by atoms with Crippen LogP contribution in [0, 0.1) is 17.5 Å². The van der Waals surface area contributed by atoms with Crippen LogP contribution in [-0.4, -0.2) is 9.13 Å². The van der Waals surface area contributed by atoms with Gasteiger partial charge in [-0.15, -0.1) is 11.3 Å². The molecule has 0 fully saturated rings. The third-order valence-electron chi connectivity index (χ3n) is 4.16. The van der Waals surface area contributed by atoms with Crippen molar-refractivity contribution in [2.24, 2.45) is 0 Å². The number of nitrogens with zero attached hydrogens (tertiary/aromatic N) is 2. The van der Waals surface area contributed by atoms with Crippen LogP contribution in [-0.2, 0) is 6.54 Å². The fourth-order valence-electron chi connectivity index (χ4n) is 2.89. The van der Waals surface area contributed by atoms with Gasteiger partial charge in [0.2, 0.25) is 0 Å². The van der Waals surface area contributed by atoms with Gasteiger partial charge in [-0.25, -0.2) is 22.5 Å². The highest BCUT2D eigenvalue weighted by Crippen LogP contribution is 2.19. The van der Waals surface area contributed by atoms with Gasteiger partial charge < -0.3 is 0 Å². The molecular weight excluding hydrogens is 377 g/mol. The summed E-state index contributed by atoms with van der Waals surface area (Å²) in [5.41, 5.74) is -0.727. The summed E-state index contributed by atoms with van der Waals surface area (Å²) in [4.78, 5) is 25.8. The molecule has 4 aromatic rings. The molecule has 2 aromatic heterocycles. The Labute approximate surface area is 154 Å². The van der Waals surface area contributed by atoms with E-state index in [2.05, 4.69) is 0 Å². The first-order valence-corrected chi connectivity index (χ1v) is 8.76. The van der Waals surface area contributed by atoms with Crippen LogP contribution in [0.5, 0.6) is 0 Å². The Balaban J connectivity index is 1.99. The Bertz CT molecular complexity index is 1270. The first-order valence-electron chi connectivity index (χ1n) is 7.88. The maximum atomic E-state index is 14.2. The van der Waals surface area contributed by atoms with E-state index in [1.807, 2.05) is 0 Å². The third-order valence-corrected chi connectivity index (χ3v) is 5.05. The minimum absolute atomic E-state index is 0.0649. The molecule has 0 amide bonds. The van der Waals surface area contributed by atoms with Gasteiger partial charge in [0.15, 0.2) is 0 Å². The molecular formula is C19H11F3N2O2S. The summed E-state index contributed by atoms with van der Waals surface area (Å²) < 4.78 is 42.9. The number of thiophene rings is 1. The zero-order chi connectivity index (χ0) is 19.1. The van der Waals surface area contributed by atoms with Crippen molar-refractivity contribution < 1.29 is 13.2 Å². The van der Waals surface area contributed by atoms with Gasteiger partial charge in [-0.1, -0.05) is 12.1 Å². The van der Waals surface area contributed by atoms with Crippen LogP contribution in [0.4, 0.5) is 13.2 Å². The Morgan fingerprint density at radius 2 is 1.59 bits per heavy atom. The summed E-state index contributed by atoms with van der Waals surface area (Å²) in [6.07, 6.45) is 0. The van der Waals surface area contributed by atoms with Crippen LogP contribution in [0.3, 0.4) is 0 Å². The molecule has 0 atom stereocenters. The van der Waals surface area contributed by atoms with Gasteiger partial charge in [0.05, 0.1) is 17.7 Å². The summed E-state index contributed by atoms with van der Waals surface area (Å²) in [6, 6.07) is 9.84. The van der Waals surface area contributed by atoms with Gasteiger partial charge in [-0.2, -0.15) is 0 Å². The fourth-order valence-corrected chi connectivity index (χ4v) is 3.71. The summed E-state index contributed by atoms with van der Waals surface area (Å²) in [5.74, 6) is -2.24. The van der Waals surface area contributed by atoms with E-state index in [1.54, 1.807) is 11.4 Å². The number of benzene rings is 2. The molecule has 0 spiro atoms. The molecule has 0 aliphatic carbocycles. The largest absolute Gasteiger partial charge is 0.336 e. The van der Waals surface area contributed by atoms with Crippen LogP contribution < -0.4 is 11.2 Å². The van der Waals surface area contributed by atoms with Crippen molar-refractivity contribution in [2.45, 2.75) is 6.54 Å². The van der Waals surface area contributed by atoms with E-state index in [1.165, 1.54) is 28.8 Å². The van der Waals surface area contributed by atoms with E-state index in [-0.39, 0.29) is 16.9 Å². The molecule has 0 N–H and O–H groups in total. The number of hydrogen-bond donors (Lipinski definition) is 0. The summed E-state index contributed by atoms with van der Waals surface area (Å²) in [5, 5.41) is 1.65. The Morgan fingerprint density at radius 1 is 0.889 bits per heavy atom. The summed E-state index contributed by atoms with van der Waals surface area (Å²) in [6.45, 7) is 0.0649. The molecule has 4 nitrogen and oxygen atoms in total. The van der Waals surface area contributed by atoms with Crippen LogP contribution >= 0.6 is 11.3 Å². The molecule has 0 radical (unpaired) electrons. The molecule has 2 heterocycles. The average molecular weight is 388 g/mol. The van der Waals surface area contributed by atoms with E-state index in [4.69, 9.17) is 0 Å². The molecule has 27 heavy (non-hydrogen) atoms. The standard InChI is InChI=1S/C19H11F3N2O2S/c20-12-3-1-11(2-4-12)10-23-16-7-8-27-17(16)18(25)24(19(23)26)15-6-5-13(21)9-14(15)22/h1-9H,10H2. The predicted octanol–water partition coefficient (Wildman–Crippen LogP) is 3.68. The van der Waals surface area contributed by atoms with Gasteiger partial charge in [0.25, 0.3) is 5.56 Å². The maximum Gasteiger partial charge on any atom is 0.336 e. The molecule has 136 valence electrons. The van der Waals surface area contributed by atoms with Crippen molar-refractivity contribution >= 4 is 21.6 Å². The Hall–Kier alpha value is -3.13. The van der Waals surface area contributed by atoms with Crippen LogP contribution in [0.25, 0.3) is 15.9 Å². The highest BCUT2D eigenvalue weighted by atomic mass is 32.1. The van der Waals surface area contributed by atoms with Gasteiger partial charge >= 0.3 is 5.69 Å². The van der Waals surface area contributed by atoms with Crippen molar-refractivity contribution in [1.29, 1.82) is 0 Å². The average Bonchev–Trinajstić information content (AvgIpc) is 3.12. The Morgan fingerprint density at radius 3 is 2.30 bits per heavy atom. The lowest BCUT2D eigenvalue weighted by molar-refractivity contribution is 0.572. The highest BCUT2D eigenvalue weighted by Gasteiger charge is 2.18. The molecule has 0 aliphatic heterocycles. The topological polar surface area (TPSA) is 44.0 Å². The summed E-state index contributed by atoms with van der Waals surface area (Å²) in [7, 11) is 0. The second kappa shape index (κ2) is 6.55. The van der Waals surface area contributed by atoms with Crippen molar-refractivity contribution in [3.8, 4) is 5.69 Å². The predicted molar refractivity (Wildman–Crippen MR) is 97.1 cm³/mol. The third kappa shape index (κ3) is 2.97. The van der Waals surface area contributed by atoms with Crippen molar-refractivity contribution in [2.75, 3.05) is 0 Å². The van der Waals surface area contributed by atoms with Gasteiger partial charge in [0, 0.05) is 6.07 Å². The van der Waals surface area contributed by atoms with E-state index < -0.39 is 28.7 Å². The monoisotopic (exact) mass is 388 g/mol. The molecule has 0 saturated carbocycles. The highest BCUT2D eigenvalue weighted by molar-refractivity contribution is 7.17. The SMILES string of the molecule is O=c1c2sccc2n(Cc2ccc(F)cc2)c(=O)n1-c1ccc(F)cc1F. The van der Waals surface area contributed by atoms with E-state index in [9.17, 15) is 22.8 Å². The second-order valence-electron chi connectivity index (χ2n) is 5.87. The van der Waals surface area contributed by atoms with Crippen molar-refractivity contribution in [3.63, 3.8) is 0 Å². The Kier molecular flexibility index (Phi) is 4.19. The first-order chi connectivity index (χ1) is 13.0. The lowest BCUT2D eigenvalue weighted by Crippen LogP contribution is -2.39. The van der Waals surface area contributed by atoms with Gasteiger partial charge in [0.1, 0.15) is 22.2 Å². The number of rotatable bonds is 3. The minimum Gasteiger partial charge on any atom is -0.288 e. The van der Waals surface area contributed by atoms with E-state index in [0.717, 1.165) is 23.5 Å². The number of halogens is 3. The second-order valence-corrected chi connectivity index (χ2v) is 6.78. The van der Waals surface area contributed by atoms with E-state index >= 15 is 0 Å². The molecule has 8 heteroatoms. The molecule has 0 saturated heterocycles. The fraction of sp³-hybridized carbons (Fsp3) is 0.0526. The minimum atomic E-state index is -1.02. The molecule has 4 rings (SSSR count). The zero-order valence-electron chi connectivity index (χ0n) is 13.7. The molecule has 0 unspecified atom stereocenters. The lowest BCUT2D eigenvalue weighted by Gasteiger charge is -2.13. The summed E-state index contributed by atoms with van der Waals surface area (Å²) >= 11 is 1.12. The number of aromatic nitrogens is 2. The van der Waals surface area contributed by atoms with Crippen LogP contribution in [0.15, 0.2) is 63.5 Å². The van der Waals surface area contributed by atoms with Gasteiger partial charge in [-0.3, -0.25) is 9.36 Å². The maximum absolute atomic E-state index is 14.2. The molecule has 0 aliphatic rings. The van der Waals surface area contributed by atoms with Gasteiger partial charge in [-0.05, 0) is 41.3 Å². The van der Waals surface area contributed by atoms with Crippen molar-refractivity contribution in [1.82, 2.24) is 9.13 Å². The normalized spacial score (nSPS) is 11.2. The first kappa shape index (κ1) is 17.3. The number of hydrogen-bond acceptors (Lipinski definition) is 3. The smallest absolute Gasteiger partial charge is 0.288 e. The molecule has 2 aromatic carbocycles. The van der Waals surface area contributed by atoms with Crippen LogP contribution in [0.2, 0.25) is 0 Å². The number of fused-ring (bicyclic) bond motifs is 1. The van der Waals surface area contributed by atoms with Crippen LogP contribution in [0.1, 0.15) is 5.56 Å². The van der Waals surface area contributed by atoms with Crippen molar-refractivity contribution in [3.05, 3.63) is 97.8 Å². The zero-order valence-corrected chi connectivity index (χ0v) is 14.5. The van der Waals surface area contributed by atoms with E-state index in [0.29, 0.717) is 21.7 Å².